The van der Waals surface area contributed by atoms with Gasteiger partial charge in [0.05, 0.1) is 18.2 Å². The maximum absolute atomic E-state index is 9.52. The molecule has 6 nitrogen and oxygen atoms in total. The molecule has 4 unspecified atom stereocenters. The van der Waals surface area contributed by atoms with Gasteiger partial charge in [0.1, 0.15) is 12.5 Å². The molecule has 0 aromatic heterocycles. The highest BCUT2D eigenvalue weighted by Gasteiger charge is 2.33. The quantitative estimate of drug-likeness (QED) is 0.273. The van der Waals surface area contributed by atoms with Crippen LogP contribution in [0.3, 0.4) is 0 Å². The van der Waals surface area contributed by atoms with Crippen LogP contribution in [0.5, 0.6) is 0 Å². The molecule has 0 spiro atoms. The first-order valence-electron chi connectivity index (χ1n) is 4.57. The fourth-order valence-electron chi connectivity index (χ4n) is 0.859. The van der Waals surface area contributed by atoms with E-state index in [1.165, 1.54) is 6.92 Å². The summed E-state index contributed by atoms with van der Waals surface area (Å²) >= 11 is 0. The summed E-state index contributed by atoms with van der Waals surface area (Å²) in [4.78, 5) is 0. The van der Waals surface area contributed by atoms with Gasteiger partial charge in [0.2, 0.25) is 0 Å². The third-order valence-electron chi connectivity index (χ3n) is 2.28. The highest BCUT2D eigenvalue weighted by atomic mass is 16.4. The molecule has 0 aromatic rings. The molecule has 6 heteroatoms. The molecule has 0 fully saturated rings. The SMILES string of the molecule is CCC(N)(CO)C(O)NC(O)C(C)O. The Morgan fingerprint density at radius 3 is 2.14 bits per heavy atom. The topological polar surface area (TPSA) is 119 Å². The maximum Gasteiger partial charge on any atom is 0.132 e. The lowest BCUT2D eigenvalue weighted by Crippen LogP contribution is -2.62. The van der Waals surface area contributed by atoms with E-state index in [0.29, 0.717) is 6.42 Å². The van der Waals surface area contributed by atoms with Gasteiger partial charge in [0, 0.05) is 0 Å². The van der Waals surface area contributed by atoms with Crippen molar-refractivity contribution in [1.82, 2.24) is 5.32 Å². The minimum atomic E-state index is -1.28. The van der Waals surface area contributed by atoms with Crippen LogP contribution in [-0.4, -0.2) is 51.1 Å². The van der Waals surface area contributed by atoms with Crippen molar-refractivity contribution in [2.75, 3.05) is 6.61 Å². The molecule has 0 heterocycles. The second-order valence-corrected chi connectivity index (χ2v) is 3.50. The van der Waals surface area contributed by atoms with E-state index in [2.05, 4.69) is 5.32 Å². The van der Waals surface area contributed by atoms with Gasteiger partial charge in [-0.05, 0) is 13.3 Å². The minimum Gasteiger partial charge on any atom is -0.394 e. The molecule has 86 valence electrons. The van der Waals surface area contributed by atoms with E-state index in [1.807, 2.05) is 0 Å². The number of aliphatic hydroxyl groups is 4. The molecule has 0 aliphatic heterocycles. The number of nitrogens with one attached hydrogen (secondary N) is 1. The average molecular weight is 208 g/mol. The molecule has 0 aliphatic rings. The molecule has 0 saturated carbocycles. The van der Waals surface area contributed by atoms with Gasteiger partial charge in [-0.15, -0.1) is 0 Å². The molecular weight excluding hydrogens is 188 g/mol. The van der Waals surface area contributed by atoms with Gasteiger partial charge in [-0.2, -0.15) is 0 Å². The summed E-state index contributed by atoms with van der Waals surface area (Å²) < 4.78 is 0. The van der Waals surface area contributed by atoms with Crippen LogP contribution in [0.15, 0.2) is 0 Å². The zero-order chi connectivity index (χ0) is 11.4. The van der Waals surface area contributed by atoms with Crippen LogP contribution < -0.4 is 11.1 Å². The number of rotatable bonds is 6. The van der Waals surface area contributed by atoms with Gasteiger partial charge < -0.3 is 26.2 Å². The largest absolute Gasteiger partial charge is 0.394 e. The molecule has 0 bridgehead atoms. The zero-order valence-corrected chi connectivity index (χ0v) is 8.51. The Kier molecular flexibility index (Phi) is 5.50. The van der Waals surface area contributed by atoms with Gasteiger partial charge in [-0.3, -0.25) is 5.32 Å². The third kappa shape index (κ3) is 3.49. The molecule has 14 heavy (non-hydrogen) atoms. The van der Waals surface area contributed by atoms with Crippen LogP contribution in [0.2, 0.25) is 0 Å². The van der Waals surface area contributed by atoms with Crippen molar-refractivity contribution in [3.8, 4) is 0 Å². The summed E-state index contributed by atoms with van der Waals surface area (Å²) in [5.41, 5.74) is 4.42. The smallest absolute Gasteiger partial charge is 0.132 e. The molecular formula is C8H20N2O4. The van der Waals surface area contributed by atoms with E-state index in [9.17, 15) is 10.2 Å². The second kappa shape index (κ2) is 5.59. The molecule has 4 atom stereocenters. The van der Waals surface area contributed by atoms with Crippen LogP contribution in [0.1, 0.15) is 20.3 Å². The van der Waals surface area contributed by atoms with E-state index < -0.39 is 30.7 Å². The summed E-state index contributed by atoms with van der Waals surface area (Å²) in [6.07, 6.45) is -3.23. The number of aliphatic hydroxyl groups excluding tert-OH is 4. The summed E-state index contributed by atoms with van der Waals surface area (Å²) in [7, 11) is 0. The lowest BCUT2D eigenvalue weighted by molar-refractivity contribution is -0.0622. The Balaban J connectivity index is 4.24. The van der Waals surface area contributed by atoms with Crippen LogP contribution in [0.4, 0.5) is 0 Å². The maximum atomic E-state index is 9.52. The predicted molar refractivity (Wildman–Crippen MR) is 51.1 cm³/mol. The van der Waals surface area contributed by atoms with Crippen LogP contribution in [0, 0.1) is 0 Å². The van der Waals surface area contributed by atoms with Crippen molar-refractivity contribution in [2.24, 2.45) is 5.73 Å². The fraction of sp³-hybridized carbons (Fsp3) is 1.00. The highest BCUT2D eigenvalue weighted by Crippen LogP contribution is 2.10. The third-order valence-corrected chi connectivity index (χ3v) is 2.28. The zero-order valence-electron chi connectivity index (χ0n) is 8.51. The predicted octanol–water partition coefficient (Wildman–Crippen LogP) is -2.31. The van der Waals surface area contributed by atoms with E-state index in [-0.39, 0.29) is 0 Å². The first-order chi connectivity index (χ1) is 6.37. The Hall–Kier alpha value is -0.240. The number of hydrogen-bond acceptors (Lipinski definition) is 6. The summed E-state index contributed by atoms with van der Waals surface area (Å²) in [5, 5.41) is 38.9. The van der Waals surface area contributed by atoms with E-state index in [0.717, 1.165) is 0 Å². The van der Waals surface area contributed by atoms with Gasteiger partial charge in [-0.25, -0.2) is 0 Å². The normalized spacial score (nSPS) is 22.5. The van der Waals surface area contributed by atoms with Gasteiger partial charge in [-0.1, -0.05) is 6.92 Å². The molecule has 0 radical (unpaired) electrons. The molecule has 0 saturated heterocycles. The van der Waals surface area contributed by atoms with Gasteiger partial charge in [0.25, 0.3) is 0 Å². The summed E-state index contributed by atoms with van der Waals surface area (Å²) in [6, 6.07) is 0. The summed E-state index contributed by atoms with van der Waals surface area (Å²) in [6.45, 7) is 2.66. The lowest BCUT2D eigenvalue weighted by Gasteiger charge is -2.33. The molecule has 0 amide bonds. The minimum absolute atomic E-state index is 0.337. The van der Waals surface area contributed by atoms with Crippen LogP contribution >= 0.6 is 0 Å². The first kappa shape index (κ1) is 13.8. The molecule has 0 aromatic carbocycles. The standard InChI is InChI=1S/C8H20N2O4/c1-3-8(9,4-11)7(14)10-6(13)5(2)12/h5-7,10-14H,3-4,9H2,1-2H3. The monoisotopic (exact) mass is 208 g/mol. The van der Waals surface area contributed by atoms with E-state index in [4.69, 9.17) is 15.9 Å². The Labute approximate surface area is 83.4 Å². The highest BCUT2D eigenvalue weighted by molar-refractivity contribution is 4.89. The molecule has 7 N–H and O–H groups in total. The average Bonchev–Trinajstić information content (AvgIpc) is 2.16. The Bertz CT molecular complexity index is 161. The van der Waals surface area contributed by atoms with Gasteiger partial charge in [0.15, 0.2) is 0 Å². The lowest BCUT2D eigenvalue weighted by atomic mass is 9.96. The van der Waals surface area contributed by atoms with Crippen molar-refractivity contribution in [2.45, 2.75) is 44.4 Å². The van der Waals surface area contributed by atoms with Gasteiger partial charge >= 0.3 is 0 Å². The Morgan fingerprint density at radius 2 is 1.86 bits per heavy atom. The van der Waals surface area contributed by atoms with Crippen molar-refractivity contribution in [3.63, 3.8) is 0 Å². The van der Waals surface area contributed by atoms with Crippen molar-refractivity contribution in [1.29, 1.82) is 0 Å². The fourth-order valence-corrected chi connectivity index (χ4v) is 0.859. The van der Waals surface area contributed by atoms with Crippen molar-refractivity contribution >= 4 is 0 Å². The Morgan fingerprint density at radius 1 is 1.36 bits per heavy atom. The number of nitrogens with two attached hydrogens (primary N) is 1. The molecule has 0 rings (SSSR count). The first-order valence-corrected chi connectivity index (χ1v) is 4.57. The van der Waals surface area contributed by atoms with E-state index in [1.54, 1.807) is 6.92 Å². The van der Waals surface area contributed by atoms with Crippen LogP contribution in [-0.2, 0) is 0 Å². The van der Waals surface area contributed by atoms with Crippen molar-refractivity contribution < 1.29 is 20.4 Å². The molecule has 0 aliphatic carbocycles. The summed E-state index contributed by atoms with van der Waals surface area (Å²) in [5.74, 6) is 0. The second-order valence-electron chi connectivity index (χ2n) is 3.50. The van der Waals surface area contributed by atoms with E-state index >= 15 is 0 Å². The van der Waals surface area contributed by atoms with Crippen molar-refractivity contribution in [3.05, 3.63) is 0 Å². The number of hydrogen-bond donors (Lipinski definition) is 6. The van der Waals surface area contributed by atoms with Crippen LogP contribution in [0.25, 0.3) is 0 Å².